The fraction of sp³-hybridized carbons (Fsp3) is 1.00. The van der Waals surface area contributed by atoms with Crippen LogP contribution < -0.4 is 5.32 Å². The van der Waals surface area contributed by atoms with Crippen LogP contribution in [0.25, 0.3) is 0 Å². The molecule has 3 nitrogen and oxygen atoms in total. The molecule has 0 amide bonds. The number of sulfone groups is 1. The van der Waals surface area contributed by atoms with E-state index in [1.165, 1.54) is 0 Å². The third kappa shape index (κ3) is 4.96. The quantitative estimate of drug-likeness (QED) is 0.710. The van der Waals surface area contributed by atoms with Crippen molar-refractivity contribution < 1.29 is 8.42 Å². The standard InChI is InChI=1S/C10H23NO2S/c1-5-7-11-10(6-2)8-14(12,13)9(3)4/h9-11H,5-8H2,1-4H3. The molecule has 0 saturated carbocycles. The summed E-state index contributed by atoms with van der Waals surface area (Å²) in [6.45, 7) is 8.47. The van der Waals surface area contributed by atoms with Crippen molar-refractivity contribution in [2.45, 2.75) is 51.8 Å². The van der Waals surface area contributed by atoms with E-state index >= 15 is 0 Å². The Bertz CT molecular complexity index is 235. The second kappa shape index (κ2) is 6.40. The van der Waals surface area contributed by atoms with Crippen LogP contribution in [0.4, 0.5) is 0 Å². The van der Waals surface area contributed by atoms with Gasteiger partial charge in [-0.2, -0.15) is 0 Å². The molecule has 0 aromatic heterocycles. The monoisotopic (exact) mass is 221 g/mol. The van der Waals surface area contributed by atoms with E-state index in [1.54, 1.807) is 13.8 Å². The third-order valence-electron chi connectivity index (χ3n) is 2.33. The van der Waals surface area contributed by atoms with Crippen LogP contribution in [0.15, 0.2) is 0 Å². The first-order valence-electron chi connectivity index (χ1n) is 5.39. The Morgan fingerprint density at radius 1 is 1.21 bits per heavy atom. The zero-order valence-corrected chi connectivity index (χ0v) is 10.5. The molecule has 0 rings (SSSR count). The van der Waals surface area contributed by atoms with Crippen LogP contribution >= 0.6 is 0 Å². The minimum Gasteiger partial charge on any atom is -0.313 e. The van der Waals surface area contributed by atoms with Crippen LogP contribution in [0.1, 0.15) is 40.5 Å². The van der Waals surface area contributed by atoms with Crippen LogP contribution in [0.2, 0.25) is 0 Å². The van der Waals surface area contributed by atoms with Crippen molar-refractivity contribution in [2.75, 3.05) is 12.3 Å². The van der Waals surface area contributed by atoms with Gasteiger partial charge in [-0.3, -0.25) is 0 Å². The Morgan fingerprint density at radius 3 is 2.14 bits per heavy atom. The van der Waals surface area contributed by atoms with Crippen LogP contribution in [0.5, 0.6) is 0 Å². The van der Waals surface area contributed by atoms with Gasteiger partial charge in [0.05, 0.1) is 11.0 Å². The summed E-state index contributed by atoms with van der Waals surface area (Å²) in [5.41, 5.74) is 0. The smallest absolute Gasteiger partial charge is 0.154 e. The summed E-state index contributed by atoms with van der Waals surface area (Å²) >= 11 is 0. The highest BCUT2D eigenvalue weighted by atomic mass is 32.2. The maximum absolute atomic E-state index is 11.6. The van der Waals surface area contributed by atoms with Gasteiger partial charge in [0.2, 0.25) is 0 Å². The van der Waals surface area contributed by atoms with Crippen LogP contribution in [0.3, 0.4) is 0 Å². The Hall–Kier alpha value is -0.0900. The number of hydrogen-bond donors (Lipinski definition) is 1. The van der Waals surface area contributed by atoms with Crippen molar-refractivity contribution in [3.05, 3.63) is 0 Å². The fourth-order valence-electron chi connectivity index (χ4n) is 1.14. The Kier molecular flexibility index (Phi) is 6.36. The number of nitrogens with one attached hydrogen (secondary N) is 1. The lowest BCUT2D eigenvalue weighted by Gasteiger charge is -2.17. The molecular weight excluding hydrogens is 198 g/mol. The van der Waals surface area contributed by atoms with Crippen molar-refractivity contribution in [3.63, 3.8) is 0 Å². The highest BCUT2D eigenvalue weighted by molar-refractivity contribution is 7.92. The molecule has 0 saturated heterocycles. The molecule has 0 aromatic rings. The fourth-order valence-corrected chi connectivity index (χ4v) is 2.44. The Balaban J connectivity index is 4.17. The molecule has 0 aliphatic rings. The first-order valence-corrected chi connectivity index (χ1v) is 7.10. The van der Waals surface area contributed by atoms with Crippen LogP contribution in [0, 0.1) is 0 Å². The molecule has 0 radical (unpaired) electrons. The van der Waals surface area contributed by atoms with Crippen molar-refractivity contribution in [1.82, 2.24) is 5.32 Å². The van der Waals surface area contributed by atoms with Gasteiger partial charge in [-0.25, -0.2) is 8.42 Å². The minimum absolute atomic E-state index is 0.113. The van der Waals surface area contributed by atoms with Crippen molar-refractivity contribution in [3.8, 4) is 0 Å². The summed E-state index contributed by atoms with van der Waals surface area (Å²) in [6, 6.07) is 0.113. The van der Waals surface area contributed by atoms with Crippen molar-refractivity contribution >= 4 is 9.84 Å². The molecule has 0 fully saturated rings. The topological polar surface area (TPSA) is 46.2 Å². The molecule has 4 heteroatoms. The predicted octanol–water partition coefficient (Wildman–Crippen LogP) is 1.59. The average molecular weight is 221 g/mol. The zero-order chi connectivity index (χ0) is 11.2. The van der Waals surface area contributed by atoms with E-state index in [9.17, 15) is 8.42 Å². The van der Waals surface area contributed by atoms with Gasteiger partial charge in [-0.1, -0.05) is 13.8 Å². The SMILES string of the molecule is CCCNC(CC)CS(=O)(=O)C(C)C. The first-order chi connectivity index (χ1) is 6.44. The predicted molar refractivity (Wildman–Crippen MR) is 61.3 cm³/mol. The molecule has 1 unspecified atom stereocenters. The summed E-state index contributed by atoms with van der Waals surface area (Å²) in [4.78, 5) is 0. The summed E-state index contributed by atoms with van der Waals surface area (Å²) < 4.78 is 23.2. The highest BCUT2D eigenvalue weighted by Crippen LogP contribution is 2.05. The van der Waals surface area contributed by atoms with Gasteiger partial charge in [0.15, 0.2) is 9.84 Å². The summed E-state index contributed by atoms with van der Waals surface area (Å²) in [6.07, 6.45) is 1.91. The molecule has 86 valence electrons. The van der Waals surface area contributed by atoms with Crippen molar-refractivity contribution in [2.24, 2.45) is 0 Å². The lowest BCUT2D eigenvalue weighted by atomic mass is 10.2. The molecule has 1 atom stereocenters. The molecule has 0 aliphatic carbocycles. The van der Waals surface area contributed by atoms with Crippen LogP contribution in [-0.4, -0.2) is 32.0 Å². The Morgan fingerprint density at radius 2 is 1.79 bits per heavy atom. The largest absolute Gasteiger partial charge is 0.313 e. The summed E-state index contributed by atoms with van der Waals surface area (Å²) in [7, 11) is -2.90. The van der Waals surface area contributed by atoms with Gasteiger partial charge >= 0.3 is 0 Å². The van der Waals surface area contributed by atoms with Gasteiger partial charge in [-0.15, -0.1) is 0 Å². The molecule has 0 aromatic carbocycles. The minimum atomic E-state index is -2.90. The Labute approximate surface area is 88.2 Å². The zero-order valence-electron chi connectivity index (χ0n) is 9.71. The molecule has 14 heavy (non-hydrogen) atoms. The first kappa shape index (κ1) is 13.9. The number of hydrogen-bond acceptors (Lipinski definition) is 3. The molecule has 0 spiro atoms. The van der Waals surface area contributed by atoms with E-state index in [1.807, 2.05) is 6.92 Å². The molecule has 0 heterocycles. The van der Waals surface area contributed by atoms with Crippen LogP contribution in [-0.2, 0) is 9.84 Å². The maximum atomic E-state index is 11.6. The molecule has 1 N–H and O–H groups in total. The summed E-state index contributed by atoms with van der Waals surface area (Å²) in [5, 5.41) is 2.99. The second-order valence-corrected chi connectivity index (χ2v) is 6.54. The van der Waals surface area contributed by atoms with Gasteiger partial charge in [0.1, 0.15) is 0 Å². The molecule has 0 bridgehead atoms. The highest BCUT2D eigenvalue weighted by Gasteiger charge is 2.20. The molecular formula is C10H23NO2S. The van der Waals surface area contributed by atoms with Gasteiger partial charge in [0.25, 0.3) is 0 Å². The van der Waals surface area contributed by atoms with E-state index < -0.39 is 9.84 Å². The van der Waals surface area contributed by atoms with E-state index in [2.05, 4.69) is 12.2 Å². The number of rotatable bonds is 7. The lowest BCUT2D eigenvalue weighted by molar-refractivity contribution is 0.517. The lowest BCUT2D eigenvalue weighted by Crippen LogP contribution is -2.37. The van der Waals surface area contributed by atoms with Crippen molar-refractivity contribution in [1.29, 1.82) is 0 Å². The summed E-state index contributed by atoms with van der Waals surface area (Å²) in [5.74, 6) is 0.265. The average Bonchev–Trinajstić information content (AvgIpc) is 2.11. The maximum Gasteiger partial charge on any atom is 0.154 e. The van der Waals surface area contributed by atoms with E-state index in [0.29, 0.717) is 0 Å². The van der Waals surface area contributed by atoms with Gasteiger partial charge < -0.3 is 5.32 Å². The van der Waals surface area contributed by atoms with Gasteiger partial charge in [-0.05, 0) is 33.2 Å². The van der Waals surface area contributed by atoms with E-state index in [-0.39, 0.29) is 17.0 Å². The van der Waals surface area contributed by atoms with Gasteiger partial charge in [0, 0.05) is 6.04 Å². The van der Waals surface area contributed by atoms with E-state index in [4.69, 9.17) is 0 Å². The third-order valence-corrected chi connectivity index (χ3v) is 4.63. The second-order valence-electron chi connectivity index (χ2n) is 3.94. The molecule has 0 aliphatic heterocycles. The van der Waals surface area contributed by atoms with E-state index in [0.717, 1.165) is 19.4 Å². The normalized spacial score (nSPS) is 14.6.